The topological polar surface area (TPSA) is 57.5 Å². The number of aliphatic hydroxyl groups excluding tert-OH is 1. The van der Waals surface area contributed by atoms with E-state index >= 15 is 0 Å². The minimum absolute atomic E-state index is 0.0218. The molecule has 3 nitrogen and oxygen atoms in total. The van der Waals surface area contributed by atoms with Gasteiger partial charge in [0.1, 0.15) is 0 Å². The maximum Gasteiger partial charge on any atom is 0.335 e. The molecule has 0 aliphatic carbocycles. The number of benzene rings is 2. The van der Waals surface area contributed by atoms with Crippen molar-refractivity contribution in [2.75, 3.05) is 0 Å². The minimum atomic E-state index is -0.899. The summed E-state index contributed by atoms with van der Waals surface area (Å²) in [7, 11) is 0. The predicted octanol–water partition coefficient (Wildman–Crippen LogP) is 3.08. The first-order valence-electron chi connectivity index (χ1n) is 6.53. The lowest BCUT2D eigenvalue weighted by Crippen LogP contribution is -2.01. The Balaban J connectivity index is 2.30. The van der Waals surface area contributed by atoms with Crippen molar-refractivity contribution in [2.45, 2.75) is 26.9 Å². The van der Waals surface area contributed by atoms with Gasteiger partial charge in [0.05, 0.1) is 12.2 Å². The van der Waals surface area contributed by atoms with Crippen LogP contribution in [0, 0.1) is 13.8 Å². The van der Waals surface area contributed by atoms with Crippen LogP contribution in [0.5, 0.6) is 0 Å². The molecule has 0 atom stereocenters. The normalized spacial score (nSPS) is 10.6. The van der Waals surface area contributed by atoms with Gasteiger partial charge in [-0.2, -0.15) is 0 Å². The number of hydrogen-bond acceptors (Lipinski definition) is 2. The molecular formula is C17H18O3. The summed E-state index contributed by atoms with van der Waals surface area (Å²) in [6, 6.07) is 11.5. The van der Waals surface area contributed by atoms with Crippen molar-refractivity contribution in [3.63, 3.8) is 0 Å². The fraction of sp³-hybridized carbons (Fsp3) is 0.235. The van der Waals surface area contributed by atoms with E-state index in [9.17, 15) is 9.90 Å². The number of aromatic carboxylic acids is 1. The maximum absolute atomic E-state index is 11.1. The average molecular weight is 270 g/mol. The van der Waals surface area contributed by atoms with Gasteiger partial charge in [0.15, 0.2) is 0 Å². The third-order valence-electron chi connectivity index (χ3n) is 3.52. The van der Waals surface area contributed by atoms with Crippen LogP contribution in [0.15, 0.2) is 36.4 Å². The number of aliphatic hydroxyl groups is 1. The van der Waals surface area contributed by atoms with E-state index in [1.165, 1.54) is 0 Å². The van der Waals surface area contributed by atoms with Crippen molar-refractivity contribution in [3.8, 4) is 0 Å². The maximum atomic E-state index is 11.1. The summed E-state index contributed by atoms with van der Waals surface area (Å²) >= 11 is 0. The van der Waals surface area contributed by atoms with Gasteiger partial charge in [-0.25, -0.2) is 4.79 Å². The van der Waals surface area contributed by atoms with Crippen LogP contribution in [0.1, 0.15) is 38.2 Å². The van der Waals surface area contributed by atoms with E-state index in [1.807, 2.05) is 37.3 Å². The van der Waals surface area contributed by atoms with E-state index in [-0.39, 0.29) is 6.61 Å². The highest BCUT2D eigenvalue weighted by Crippen LogP contribution is 2.17. The molecule has 2 aromatic rings. The van der Waals surface area contributed by atoms with E-state index in [0.717, 1.165) is 27.8 Å². The largest absolute Gasteiger partial charge is 0.478 e. The van der Waals surface area contributed by atoms with Gasteiger partial charge < -0.3 is 10.2 Å². The Morgan fingerprint density at radius 3 is 2.20 bits per heavy atom. The third-order valence-corrected chi connectivity index (χ3v) is 3.52. The lowest BCUT2D eigenvalue weighted by atomic mass is 9.97. The smallest absolute Gasteiger partial charge is 0.335 e. The SMILES string of the molecule is Cc1ccc(Cc2ccc(C)c(C(=O)O)c2)cc1CO. The van der Waals surface area contributed by atoms with Gasteiger partial charge in [-0.1, -0.05) is 30.3 Å². The summed E-state index contributed by atoms with van der Waals surface area (Å²) in [4.78, 5) is 11.1. The van der Waals surface area contributed by atoms with Crippen LogP contribution in [0.4, 0.5) is 0 Å². The van der Waals surface area contributed by atoms with Crippen LogP contribution >= 0.6 is 0 Å². The molecule has 2 rings (SSSR count). The Kier molecular flexibility index (Phi) is 4.20. The van der Waals surface area contributed by atoms with E-state index in [4.69, 9.17) is 5.11 Å². The number of carbonyl (C=O) groups is 1. The molecule has 0 bridgehead atoms. The summed E-state index contributed by atoms with van der Waals surface area (Å²) in [5.74, 6) is -0.899. The number of rotatable bonds is 4. The molecule has 20 heavy (non-hydrogen) atoms. The fourth-order valence-electron chi connectivity index (χ4n) is 2.25. The number of carboxylic acid groups (broad SMARTS) is 1. The molecule has 0 aromatic heterocycles. The van der Waals surface area contributed by atoms with Crippen molar-refractivity contribution >= 4 is 5.97 Å². The summed E-state index contributed by atoms with van der Waals surface area (Å²) < 4.78 is 0. The predicted molar refractivity (Wildman–Crippen MR) is 78.0 cm³/mol. The molecular weight excluding hydrogens is 252 g/mol. The van der Waals surface area contributed by atoms with E-state index in [1.54, 1.807) is 13.0 Å². The molecule has 0 heterocycles. The molecule has 3 heteroatoms. The molecule has 0 radical (unpaired) electrons. The second-order valence-corrected chi connectivity index (χ2v) is 5.05. The summed E-state index contributed by atoms with van der Waals surface area (Å²) in [5.41, 5.74) is 5.11. The Labute approximate surface area is 118 Å². The van der Waals surface area contributed by atoms with Gasteiger partial charge in [-0.05, 0) is 54.2 Å². The Morgan fingerprint density at radius 1 is 1.00 bits per heavy atom. The lowest BCUT2D eigenvalue weighted by molar-refractivity contribution is 0.0696. The zero-order chi connectivity index (χ0) is 14.7. The summed E-state index contributed by atoms with van der Waals surface area (Å²) in [6.45, 7) is 3.78. The van der Waals surface area contributed by atoms with Gasteiger partial charge in [-0.3, -0.25) is 0 Å². The van der Waals surface area contributed by atoms with Crippen LogP contribution < -0.4 is 0 Å². The Morgan fingerprint density at radius 2 is 1.60 bits per heavy atom. The molecule has 0 unspecified atom stereocenters. The molecule has 2 N–H and O–H groups in total. The Hall–Kier alpha value is -2.13. The van der Waals surface area contributed by atoms with Gasteiger partial charge in [-0.15, -0.1) is 0 Å². The molecule has 0 fully saturated rings. The number of carboxylic acids is 1. The van der Waals surface area contributed by atoms with Crippen LogP contribution in [-0.2, 0) is 13.0 Å². The fourth-order valence-corrected chi connectivity index (χ4v) is 2.25. The highest BCUT2D eigenvalue weighted by Gasteiger charge is 2.08. The van der Waals surface area contributed by atoms with Gasteiger partial charge in [0.2, 0.25) is 0 Å². The molecule has 0 saturated carbocycles. The molecule has 0 spiro atoms. The van der Waals surface area contributed by atoms with Crippen molar-refractivity contribution in [2.24, 2.45) is 0 Å². The van der Waals surface area contributed by atoms with Crippen molar-refractivity contribution in [1.29, 1.82) is 0 Å². The molecule has 0 amide bonds. The molecule has 0 aliphatic rings. The van der Waals surface area contributed by atoms with E-state index < -0.39 is 5.97 Å². The lowest BCUT2D eigenvalue weighted by Gasteiger charge is -2.09. The van der Waals surface area contributed by atoms with Crippen molar-refractivity contribution in [1.82, 2.24) is 0 Å². The van der Waals surface area contributed by atoms with Gasteiger partial charge in [0.25, 0.3) is 0 Å². The second kappa shape index (κ2) is 5.88. The first kappa shape index (κ1) is 14.3. The number of aryl methyl sites for hydroxylation is 2. The van der Waals surface area contributed by atoms with Crippen LogP contribution in [0.25, 0.3) is 0 Å². The van der Waals surface area contributed by atoms with Crippen LogP contribution in [0.3, 0.4) is 0 Å². The van der Waals surface area contributed by atoms with Gasteiger partial charge in [0, 0.05) is 0 Å². The summed E-state index contributed by atoms with van der Waals surface area (Å²) in [6.07, 6.45) is 0.661. The van der Waals surface area contributed by atoms with E-state index in [0.29, 0.717) is 12.0 Å². The zero-order valence-corrected chi connectivity index (χ0v) is 11.7. The zero-order valence-electron chi connectivity index (χ0n) is 11.7. The molecule has 2 aromatic carbocycles. The van der Waals surface area contributed by atoms with Crippen LogP contribution in [-0.4, -0.2) is 16.2 Å². The summed E-state index contributed by atoms with van der Waals surface area (Å²) in [5, 5.41) is 18.4. The molecule has 0 saturated heterocycles. The quantitative estimate of drug-likeness (QED) is 0.897. The standard InChI is InChI=1S/C17H18O3/c1-11-3-5-13(8-15(11)10-18)7-14-6-4-12(2)16(9-14)17(19)20/h3-6,8-9,18H,7,10H2,1-2H3,(H,19,20). The van der Waals surface area contributed by atoms with Crippen LogP contribution in [0.2, 0.25) is 0 Å². The third kappa shape index (κ3) is 3.06. The molecule has 104 valence electrons. The van der Waals surface area contributed by atoms with Crippen molar-refractivity contribution < 1.29 is 15.0 Å². The van der Waals surface area contributed by atoms with E-state index in [2.05, 4.69) is 0 Å². The minimum Gasteiger partial charge on any atom is -0.478 e. The average Bonchev–Trinajstić information content (AvgIpc) is 2.42. The first-order chi connectivity index (χ1) is 9.51. The van der Waals surface area contributed by atoms with Crippen molar-refractivity contribution in [3.05, 3.63) is 69.8 Å². The second-order valence-electron chi connectivity index (χ2n) is 5.05. The number of hydrogen-bond donors (Lipinski definition) is 2. The Bertz CT molecular complexity index is 645. The first-order valence-corrected chi connectivity index (χ1v) is 6.53. The van der Waals surface area contributed by atoms with Gasteiger partial charge >= 0.3 is 5.97 Å². The monoisotopic (exact) mass is 270 g/mol. The highest BCUT2D eigenvalue weighted by molar-refractivity contribution is 5.89. The molecule has 0 aliphatic heterocycles. The highest BCUT2D eigenvalue weighted by atomic mass is 16.4.